The lowest BCUT2D eigenvalue weighted by Gasteiger charge is -2.48. The summed E-state index contributed by atoms with van der Waals surface area (Å²) in [5, 5.41) is 11.8. The predicted molar refractivity (Wildman–Crippen MR) is 83.4 cm³/mol. The zero-order valence-corrected chi connectivity index (χ0v) is 14.2. The molecule has 2 fully saturated rings. The summed E-state index contributed by atoms with van der Waals surface area (Å²) < 4.78 is 5.70. The van der Waals surface area contributed by atoms with Gasteiger partial charge in [0.1, 0.15) is 6.23 Å². The van der Waals surface area contributed by atoms with E-state index in [4.69, 9.17) is 9.57 Å². The van der Waals surface area contributed by atoms with Crippen LogP contribution in [0, 0.1) is 11.3 Å². The molecule has 1 N–H and O–H groups in total. The summed E-state index contributed by atoms with van der Waals surface area (Å²) in [7, 11) is 1.74. The molecule has 2 aliphatic rings. The number of hydroxylamine groups is 2. The van der Waals surface area contributed by atoms with Crippen molar-refractivity contribution < 1.29 is 14.7 Å². The zero-order chi connectivity index (χ0) is 15.5. The number of hydrogen-bond donors (Lipinski definition) is 1. The van der Waals surface area contributed by atoms with Gasteiger partial charge < -0.3 is 9.84 Å². The van der Waals surface area contributed by atoms with Crippen LogP contribution in [-0.2, 0) is 9.57 Å². The van der Waals surface area contributed by atoms with Gasteiger partial charge in [0.2, 0.25) is 0 Å². The van der Waals surface area contributed by atoms with Gasteiger partial charge in [-0.25, -0.2) is 0 Å². The van der Waals surface area contributed by atoms with Crippen molar-refractivity contribution in [3.63, 3.8) is 0 Å². The molecule has 0 spiro atoms. The molecule has 0 amide bonds. The van der Waals surface area contributed by atoms with Crippen LogP contribution in [0.15, 0.2) is 0 Å². The van der Waals surface area contributed by atoms with E-state index in [0.29, 0.717) is 11.5 Å². The standard InChI is InChI=1S/C17H33NO3/c1-5-13-12-14(10-11-17(13,3)6-2)18(20-4)15-8-7-9-16(19)21-15/h13-16,19H,5-12H2,1-4H3/t13?,14?,15-,16?,17?/m1/s1. The maximum atomic E-state index is 9.74. The van der Waals surface area contributed by atoms with E-state index in [1.807, 2.05) is 5.06 Å². The highest BCUT2D eigenvalue weighted by Crippen LogP contribution is 2.46. The second kappa shape index (κ2) is 7.40. The Morgan fingerprint density at radius 1 is 1.29 bits per heavy atom. The van der Waals surface area contributed by atoms with Crippen molar-refractivity contribution in [2.24, 2.45) is 11.3 Å². The van der Waals surface area contributed by atoms with Crippen molar-refractivity contribution >= 4 is 0 Å². The maximum absolute atomic E-state index is 9.74. The first-order valence-corrected chi connectivity index (χ1v) is 8.70. The highest BCUT2D eigenvalue weighted by molar-refractivity contribution is 4.91. The van der Waals surface area contributed by atoms with Crippen molar-refractivity contribution in [3.8, 4) is 0 Å². The monoisotopic (exact) mass is 299 g/mol. The molecule has 1 heterocycles. The number of aliphatic hydroxyl groups is 1. The lowest BCUT2D eigenvalue weighted by Crippen LogP contribution is -2.50. The Hall–Kier alpha value is -0.160. The Labute approximate surface area is 129 Å². The van der Waals surface area contributed by atoms with Crippen molar-refractivity contribution in [1.82, 2.24) is 5.06 Å². The van der Waals surface area contributed by atoms with Gasteiger partial charge in [-0.15, -0.1) is 0 Å². The molecular formula is C17H33NO3. The molecule has 0 bridgehead atoms. The topological polar surface area (TPSA) is 41.9 Å². The zero-order valence-electron chi connectivity index (χ0n) is 14.2. The van der Waals surface area contributed by atoms with E-state index in [-0.39, 0.29) is 6.23 Å². The fraction of sp³-hybridized carbons (Fsp3) is 1.00. The third kappa shape index (κ3) is 3.79. The smallest absolute Gasteiger partial charge is 0.156 e. The SMILES string of the molecule is CCC1CC(N(OC)[C@H]2CCCC(O)O2)CCC1(C)CC. The molecule has 4 heteroatoms. The molecule has 4 unspecified atom stereocenters. The minimum Gasteiger partial charge on any atom is -0.368 e. The molecule has 1 saturated heterocycles. The van der Waals surface area contributed by atoms with Gasteiger partial charge in [0.25, 0.3) is 0 Å². The van der Waals surface area contributed by atoms with Gasteiger partial charge in [0.05, 0.1) is 7.11 Å². The Kier molecular flexibility index (Phi) is 6.06. The summed E-state index contributed by atoms with van der Waals surface area (Å²) in [6, 6.07) is 0.412. The van der Waals surface area contributed by atoms with Crippen LogP contribution >= 0.6 is 0 Å². The van der Waals surface area contributed by atoms with Crippen LogP contribution in [-0.4, -0.2) is 35.8 Å². The average Bonchev–Trinajstić information content (AvgIpc) is 2.49. The number of ether oxygens (including phenoxy) is 1. The van der Waals surface area contributed by atoms with E-state index >= 15 is 0 Å². The van der Waals surface area contributed by atoms with Crippen LogP contribution in [0.1, 0.15) is 72.1 Å². The summed E-state index contributed by atoms with van der Waals surface area (Å²) in [5.41, 5.74) is 0.470. The average molecular weight is 299 g/mol. The van der Waals surface area contributed by atoms with Gasteiger partial charge in [-0.2, -0.15) is 5.06 Å². The third-order valence-electron chi connectivity index (χ3n) is 5.96. The Morgan fingerprint density at radius 3 is 2.62 bits per heavy atom. The molecule has 0 aromatic rings. The van der Waals surface area contributed by atoms with E-state index in [2.05, 4.69) is 20.8 Å². The first-order valence-electron chi connectivity index (χ1n) is 8.70. The molecule has 0 aromatic carbocycles. The Balaban J connectivity index is 2.02. The molecule has 21 heavy (non-hydrogen) atoms. The second-order valence-electron chi connectivity index (χ2n) is 7.06. The summed E-state index contributed by atoms with van der Waals surface area (Å²) in [6.45, 7) is 7.06. The van der Waals surface area contributed by atoms with Crippen LogP contribution in [0.5, 0.6) is 0 Å². The lowest BCUT2D eigenvalue weighted by atomic mass is 9.63. The van der Waals surface area contributed by atoms with E-state index in [0.717, 1.165) is 31.6 Å². The summed E-state index contributed by atoms with van der Waals surface area (Å²) in [6.07, 6.45) is 8.03. The first kappa shape index (κ1) is 17.2. The summed E-state index contributed by atoms with van der Waals surface area (Å²) in [4.78, 5) is 5.67. The van der Waals surface area contributed by atoms with Crippen molar-refractivity contribution in [2.75, 3.05) is 7.11 Å². The van der Waals surface area contributed by atoms with Crippen LogP contribution in [0.4, 0.5) is 0 Å². The fourth-order valence-corrected chi connectivity index (χ4v) is 4.26. The molecule has 1 saturated carbocycles. The van der Waals surface area contributed by atoms with Gasteiger partial charge in [-0.1, -0.05) is 33.6 Å². The molecule has 0 radical (unpaired) electrons. The van der Waals surface area contributed by atoms with Gasteiger partial charge in [0.15, 0.2) is 6.29 Å². The molecule has 0 aromatic heterocycles. The second-order valence-corrected chi connectivity index (χ2v) is 7.06. The van der Waals surface area contributed by atoms with E-state index in [1.54, 1.807) is 7.11 Å². The van der Waals surface area contributed by atoms with Crippen LogP contribution < -0.4 is 0 Å². The first-order chi connectivity index (χ1) is 10.0. The number of hydrogen-bond acceptors (Lipinski definition) is 4. The van der Waals surface area contributed by atoms with Gasteiger partial charge >= 0.3 is 0 Å². The van der Waals surface area contributed by atoms with Crippen molar-refractivity contribution in [1.29, 1.82) is 0 Å². The van der Waals surface area contributed by atoms with Gasteiger partial charge in [-0.3, -0.25) is 4.84 Å². The normalized spacial score (nSPS) is 41.4. The highest BCUT2D eigenvalue weighted by Gasteiger charge is 2.41. The van der Waals surface area contributed by atoms with E-state index in [1.165, 1.54) is 25.7 Å². The largest absolute Gasteiger partial charge is 0.368 e. The number of nitrogens with zero attached hydrogens (tertiary/aromatic N) is 1. The molecule has 5 atom stereocenters. The third-order valence-corrected chi connectivity index (χ3v) is 5.96. The van der Waals surface area contributed by atoms with Crippen LogP contribution in [0.3, 0.4) is 0 Å². The summed E-state index contributed by atoms with van der Waals surface area (Å²) in [5.74, 6) is 0.743. The summed E-state index contributed by atoms with van der Waals surface area (Å²) >= 11 is 0. The lowest BCUT2D eigenvalue weighted by molar-refractivity contribution is -0.312. The van der Waals surface area contributed by atoms with Gasteiger partial charge in [0, 0.05) is 6.04 Å². The molecule has 1 aliphatic heterocycles. The molecule has 2 rings (SSSR count). The Bertz CT molecular complexity index is 325. The molecular weight excluding hydrogens is 266 g/mol. The number of aliphatic hydroxyl groups excluding tert-OH is 1. The Morgan fingerprint density at radius 2 is 2.05 bits per heavy atom. The molecule has 1 aliphatic carbocycles. The predicted octanol–water partition coefficient (Wildman–Crippen LogP) is 3.69. The van der Waals surface area contributed by atoms with Crippen molar-refractivity contribution in [2.45, 2.75) is 90.7 Å². The maximum Gasteiger partial charge on any atom is 0.156 e. The fourth-order valence-electron chi connectivity index (χ4n) is 4.26. The van der Waals surface area contributed by atoms with Gasteiger partial charge in [-0.05, 0) is 49.9 Å². The van der Waals surface area contributed by atoms with E-state index in [9.17, 15) is 5.11 Å². The quantitative estimate of drug-likeness (QED) is 0.786. The molecule has 4 nitrogen and oxygen atoms in total. The van der Waals surface area contributed by atoms with Crippen LogP contribution in [0.2, 0.25) is 0 Å². The number of rotatable bonds is 5. The van der Waals surface area contributed by atoms with Crippen LogP contribution in [0.25, 0.3) is 0 Å². The molecule has 124 valence electrons. The highest BCUT2D eigenvalue weighted by atomic mass is 16.7. The minimum atomic E-state index is -0.632. The van der Waals surface area contributed by atoms with Crippen molar-refractivity contribution in [3.05, 3.63) is 0 Å². The van der Waals surface area contributed by atoms with E-state index < -0.39 is 6.29 Å². The minimum absolute atomic E-state index is 0.0905.